The Morgan fingerprint density at radius 1 is 1.55 bits per heavy atom. The fourth-order valence-corrected chi connectivity index (χ4v) is 2.94. The summed E-state index contributed by atoms with van der Waals surface area (Å²) >= 11 is 1.20. The van der Waals surface area contributed by atoms with Crippen LogP contribution in [0.5, 0.6) is 0 Å². The molecule has 0 saturated carbocycles. The number of nitrogens with zero attached hydrogens (tertiary/aromatic N) is 4. The number of carboxylic acid groups (broad SMARTS) is 1. The molecule has 0 amide bonds. The third-order valence-electron chi connectivity index (χ3n) is 3.01. The zero-order chi connectivity index (χ0) is 14.7. The minimum atomic E-state index is -0.852. The third-order valence-corrected chi connectivity index (χ3v) is 3.94. The average molecular weight is 300 g/mol. The third kappa shape index (κ3) is 3.43. The quantitative estimate of drug-likeness (QED) is 0.820. The number of rotatable bonds is 5. The first kappa shape index (κ1) is 15.1. The van der Waals surface area contributed by atoms with Crippen LogP contribution >= 0.6 is 11.8 Å². The van der Waals surface area contributed by atoms with Gasteiger partial charge in [0.1, 0.15) is 0 Å². The van der Waals surface area contributed by atoms with Gasteiger partial charge in [0.25, 0.3) is 0 Å². The van der Waals surface area contributed by atoms with Crippen LogP contribution in [-0.2, 0) is 9.53 Å². The number of hydrogen-bond donors (Lipinski definition) is 1. The van der Waals surface area contributed by atoms with Gasteiger partial charge >= 0.3 is 5.97 Å². The van der Waals surface area contributed by atoms with Crippen molar-refractivity contribution in [1.29, 1.82) is 0 Å². The van der Waals surface area contributed by atoms with Crippen molar-refractivity contribution in [2.75, 3.05) is 30.3 Å². The Morgan fingerprint density at radius 3 is 2.90 bits per heavy atom. The molecule has 1 saturated heterocycles. The van der Waals surface area contributed by atoms with Crippen molar-refractivity contribution in [3.8, 4) is 0 Å². The Labute approximate surface area is 122 Å². The summed E-state index contributed by atoms with van der Waals surface area (Å²) in [6.07, 6.45) is 0.163. The Bertz CT molecular complexity index is 477. The van der Waals surface area contributed by atoms with Crippen molar-refractivity contribution in [3.63, 3.8) is 0 Å². The Hall–Kier alpha value is -1.28. The van der Waals surface area contributed by atoms with E-state index in [4.69, 9.17) is 9.84 Å². The van der Waals surface area contributed by atoms with E-state index in [0.29, 0.717) is 11.8 Å². The topological polar surface area (TPSA) is 80.5 Å². The van der Waals surface area contributed by atoms with Gasteiger partial charge in [0.05, 0.1) is 18.5 Å². The summed E-state index contributed by atoms with van der Waals surface area (Å²) in [7, 11) is 0. The van der Waals surface area contributed by atoms with Gasteiger partial charge in [0, 0.05) is 19.1 Å². The van der Waals surface area contributed by atoms with E-state index < -0.39 is 5.97 Å². The molecule has 1 aliphatic heterocycles. The minimum Gasteiger partial charge on any atom is -0.481 e. The monoisotopic (exact) mass is 300 g/mol. The zero-order valence-electron chi connectivity index (χ0n) is 11.9. The molecule has 0 spiro atoms. The molecule has 8 heteroatoms. The second-order valence-corrected chi connectivity index (χ2v) is 6.00. The van der Waals surface area contributed by atoms with Crippen LogP contribution in [-0.4, -0.2) is 57.4 Å². The van der Waals surface area contributed by atoms with Gasteiger partial charge in [-0.3, -0.25) is 9.36 Å². The molecule has 0 aromatic carbocycles. The lowest BCUT2D eigenvalue weighted by Crippen LogP contribution is -2.42. The number of aromatic nitrogens is 3. The van der Waals surface area contributed by atoms with E-state index in [9.17, 15) is 4.79 Å². The van der Waals surface area contributed by atoms with Crippen molar-refractivity contribution < 1.29 is 14.6 Å². The fourth-order valence-electron chi connectivity index (χ4n) is 2.16. The maximum absolute atomic E-state index is 10.7. The molecule has 1 fully saturated rings. The van der Waals surface area contributed by atoms with Gasteiger partial charge in [0.2, 0.25) is 5.95 Å². The van der Waals surface area contributed by atoms with E-state index in [2.05, 4.69) is 15.1 Å². The second-order valence-electron chi connectivity index (χ2n) is 5.06. The zero-order valence-corrected chi connectivity index (χ0v) is 12.8. The molecule has 1 aromatic rings. The molecular weight excluding hydrogens is 280 g/mol. The highest BCUT2D eigenvalue weighted by atomic mass is 32.2. The highest BCUT2D eigenvalue weighted by Gasteiger charge is 2.24. The SMILES string of the molecule is CC1CN(c2nnc(SCC(=O)O)n2C(C)C)CCO1. The van der Waals surface area contributed by atoms with Crippen LogP contribution in [0.2, 0.25) is 0 Å². The first-order chi connectivity index (χ1) is 9.49. The van der Waals surface area contributed by atoms with Gasteiger partial charge in [0.15, 0.2) is 5.16 Å². The molecule has 2 rings (SSSR count). The van der Waals surface area contributed by atoms with Crippen molar-refractivity contribution in [2.45, 2.75) is 38.1 Å². The Kier molecular flexibility index (Phi) is 4.87. The van der Waals surface area contributed by atoms with Gasteiger partial charge in [-0.05, 0) is 20.8 Å². The lowest BCUT2D eigenvalue weighted by Gasteiger charge is -2.32. The van der Waals surface area contributed by atoms with Gasteiger partial charge in [-0.2, -0.15) is 0 Å². The Balaban J connectivity index is 2.21. The molecule has 1 aromatic heterocycles. The normalized spacial score (nSPS) is 19.6. The van der Waals surface area contributed by atoms with E-state index in [1.54, 1.807) is 0 Å². The number of carbonyl (C=O) groups is 1. The van der Waals surface area contributed by atoms with E-state index in [1.165, 1.54) is 11.8 Å². The standard InChI is InChI=1S/C12H20N4O3S/c1-8(2)16-11(15-4-5-19-9(3)6-15)13-14-12(16)20-7-10(17)18/h8-9H,4-7H2,1-3H3,(H,17,18). The summed E-state index contributed by atoms with van der Waals surface area (Å²) in [5.74, 6) is -0.0671. The van der Waals surface area contributed by atoms with Crippen LogP contribution < -0.4 is 4.90 Å². The molecule has 1 atom stereocenters. The lowest BCUT2D eigenvalue weighted by atomic mass is 10.3. The highest BCUT2D eigenvalue weighted by Crippen LogP contribution is 2.27. The number of anilines is 1. The summed E-state index contributed by atoms with van der Waals surface area (Å²) in [6.45, 7) is 8.34. The molecule has 20 heavy (non-hydrogen) atoms. The minimum absolute atomic E-state index is 0.00956. The summed E-state index contributed by atoms with van der Waals surface area (Å²) in [5, 5.41) is 17.8. The molecule has 0 bridgehead atoms. The number of carboxylic acids is 1. The Morgan fingerprint density at radius 2 is 2.30 bits per heavy atom. The largest absolute Gasteiger partial charge is 0.481 e. The maximum atomic E-state index is 10.7. The second kappa shape index (κ2) is 6.45. The number of hydrogen-bond acceptors (Lipinski definition) is 6. The van der Waals surface area contributed by atoms with E-state index in [0.717, 1.165) is 19.0 Å². The smallest absolute Gasteiger partial charge is 0.313 e. The maximum Gasteiger partial charge on any atom is 0.313 e. The molecule has 1 unspecified atom stereocenters. The van der Waals surface area contributed by atoms with Crippen LogP contribution in [0.4, 0.5) is 5.95 Å². The molecule has 112 valence electrons. The van der Waals surface area contributed by atoms with E-state index in [-0.39, 0.29) is 17.9 Å². The predicted molar refractivity (Wildman–Crippen MR) is 76.4 cm³/mol. The summed E-state index contributed by atoms with van der Waals surface area (Å²) in [5.41, 5.74) is 0. The van der Waals surface area contributed by atoms with Gasteiger partial charge in [-0.25, -0.2) is 0 Å². The van der Waals surface area contributed by atoms with Crippen LogP contribution in [0.3, 0.4) is 0 Å². The molecule has 0 radical (unpaired) electrons. The predicted octanol–water partition coefficient (Wildman–Crippen LogP) is 1.26. The van der Waals surface area contributed by atoms with Gasteiger partial charge in [-0.1, -0.05) is 11.8 Å². The van der Waals surface area contributed by atoms with Crippen molar-refractivity contribution in [1.82, 2.24) is 14.8 Å². The van der Waals surface area contributed by atoms with Crippen molar-refractivity contribution >= 4 is 23.7 Å². The summed E-state index contributed by atoms with van der Waals surface area (Å²) < 4.78 is 7.53. The van der Waals surface area contributed by atoms with Crippen LogP contribution in [0.1, 0.15) is 26.8 Å². The van der Waals surface area contributed by atoms with Crippen LogP contribution in [0.25, 0.3) is 0 Å². The summed E-state index contributed by atoms with van der Waals surface area (Å²) in [4.78, 5) is 12.8. The van der Waals surface area contributed by atoms with Crippen molar-refractivity contribution in [2.24, 2.45) is 0 Å². The number of aliphatic carboxylic acids is 1. The summed E-state index contributed by atoms with van der Waals surface area (Å²) in [6, 6.07) is 0.175. The van der Waals surface area contributed by atoms with Crippen LogP contribution in [0, 0.1) is 0 Å². The molecule has 0 aliphatic carbocycles. The van der Waals surface area contributed by atoms with Crippen LogP contribution in [0.15, 0.2) is 5.16 Å². The van der Waals surface area contributed by atoms with E-state index >= 15 is 0 Å². The first-order valence-corrected chi connectivity index (χ1v) is 7.63. The first-order valence-electron chi connectivity index (χ1n) is 6.65. The molecule has 2 heterocycles. The molecule has 7 nitrogen and oxygen atoms in total. The lowest BCUT2D eigenvalue weighted by molar-refractivity contribution is -0.133. The molecular formula is C12H20N4O3S. The molecule has 1 aliphatic rings. The van der Waals surface area contributed by atoms with Gasteiger partial charge in [-0.15, -0.1) is 10.2 Å². The van der Waals surface area contributed by atoms with E-state index in [1.807, 2.05) is 25.3 Å². The number of ether oxygens (including phenoxy) is 1. The highest BCUT2D eigenvalue weighted by molar-refractivity contribution is 7.99. The number of morpholine rings is 1. The average Bonchev–Trinajstić information content (AvgIpc) is 2.80. The van der Waals surface area contributed by atoms with Gasteiger partial charge < -0.3 is 14.7 Å². The fraction of sp³-hybridized carbons (Fsp3) is 0.750. The number of thioether (sulfide) groups is 1. The van der Waals surface area contributed by atoms with Crippen molar-refractivity contribution in [3.05, 3.63) is 0 Å². The molecule has 1 N–H and O–H groups in total.